The topological polar surface area (TPSA) is 78.7 Å². The fourth-order valence-electron chi connectivity index (χ4n) is 3.98. The highest BCUT2D eigenvalue weighted by Crippen LogP contribution is 2.42. The molecule has 2 aliphatic heterocycles. The van der Waals surface area contributed by atoms with Gasteiger partial charge in [-0.15, -0.1) is 0 Å². The summed E-state index contributed by atoms with van der Waals surface area (Å²) >= 11 is 0. The van der Waals surface area contributed by atoms with Crippen molar-refractivity contribution in [3.8, 4) is 11.9 Å². The number of aromatic nitrogens is 1. The Hall–Kier alpha value is -2.33. The van der Waals surface area contributed by atoms with Crippen molar-refractivity contribution in [3.05, 3.63) is 17.8 Å². The molecule has 3 rings (SSSR count). The molecule has 7 heteroatoms. The third kappa shape index (κ3) is 3.14. The van der Waals surface area contributed by atoms with Crippen LogP contribution in [0.3, 0.4) is 0 Å². The first kappa shape index (κ1) is 17.5. The highest BCUT2D eigenvalue weighted by Gasteiger charge is 2.48. The number of likely N-dealkylation sites (tertiary alicyclic amines) is 1. The van der Waals surface area contributed by atoms with E-state index in [1.807, 2.05) is 11.0 Å². The quantitative estimate of drug-likeness (QED) is 0.804. The van der Waals surface area contributed by atoms with Gasteiger partial charge in [0, 0.05) is 39.5 Å². The predicted molar refractivity (Wildman–Crippen MR) is 92.5 cm³/mol. The zero-order chi connectivity index (χ0) is 17.9. The molecule has 0 bridgehead atoms. The van der Waals surface area contributed by atoms with E-state index in [2.05, 4.69) is 16.0 Å². The van der Waals surface area contributed by atoms with Gasteiger partial charge in [-0.3, -0.25) is 4.79 Å². The van der Waals surface area contributed by atoms with Crippen molar-refractivity contribution in [1.82, 2.24) is 9.88 Å². The number of amides is 1. The largest absolute Gasteiger partial charge is 0.480 e. The third-order valence-corrected chi connectivity index (χ3v) is 5.28. The van der Waals surface area contributed by atoms with Gasteiger partial charge in [-0.1, -0.05) is 0 Å². The van der Waals surface area contributed by atoms with E-state index in [-0.39, 0.29) is 11.3 Å². The molecular weight excluding hydrogens is 320 g/mol. The number of hydrogen-bond donors (Lipinski definition) is 0. The van der Waals surface area contributed by atoms with Gasteiger partial charge in [0.1, 0.15) is 11.6 Å². The molecule has 3 heterocycles. The number of piperidine rings is 1. The number of pyridine rings is 1. The van der Waals surface area contributed by atoms with E-state index in [0.29, 0.717) is 31.1 Å². The molecule has 134 valence electrons. The zero-order valence-corrected chi connectivity index (χ0v) is 14.8. The van der Waals surface area contributed by atoms with Gasteiger partial charge in [-0.05, 0) is 25.3 Å². The van der Waals surface area contributed by atoms with Crippen LogP contribution >= 0.6 is 0 Å². The lowest BCUT2D eigenvalue weighted by molar-refractivity contribution is -0.145. The van der Waals surface area contributed by atoms with E-state index < -0.39 is 0 Å². The first-order chi connectivity index (χ1) is 12.1. The number of hydrogen-bond acceptors (Lipinski definition) is 6. The molecule has 25 heavy (non-hydrogen) atoms. The maximum absolute atomic E-state index is 13.1. The minimum Gasteiger partial charge on any atom is -0.480 e. The van der Waals surface area contributed by atoms with Crippen molar-refractivity contribution in [2.75, 3.05) is 51.9 Å². The first-order valence-corrected chi connectivity index (χ1v) is 8.61. The molecule has 0 radical (unpaired) electrons. The van der Waals surface area contributed by atoms with Crippen molar-refractivity contribution in [2.45, 2.75) is 19.3 Å². The average molecular weight is 344 g/mol. The minimum absolute atomic E-state index is 0.220. The monoisotopic (exact) mass is 344 g/mol. The van der Waals surface area contributed by atoms with Crippen LogP contribution in [0.25, 0.3) is 0 Å². The number of nitrogens with zero attached hydrogens (tertiary/aromatic N) is 4. The Morgan fingerprint density at radius 1 is 1.36 bits per heavy atom. The van der Waals surface area contributed by atoms with Gasteiger partial charge < -0.3 is 19.3 Å². The number of methoxy groups -OCH3 is 2. The van der Waals surface area contributed by atoms with E-state index in [4.69, 9.17) is 9.47 Å². The maximum Gasteiger partial charge on any atom is 0.233 e. The summed E-state index contributed by atoms with van der Waals surface area (Å²) < 4.78 is 10.3. The molecule has 0 aliphatic carbocycles. The molecule has 0 aromatic carbocycles. The second-order valence-electron chi connectivity index (χ2n) is 6.67. The summed E-state index contributed by atoms with van der Waals surface area (Å²) in [7, 11) is 3.17. The maximum atomic E-state index is 13.1. The van der Waals surface area contributed by atoms with E-state index in [1.54, 1.807) is 13.3 Å². The summed E-state index contributed by atoms with van der Waals surface area (Å²) in [6, 6.07) is 4.02. The summed E-state index contributed by atoms with van der Waals surface area (Å²) in [4.78, 5) is 21.2. The Kier molecular flexibility index (Phi) is 5.09. The van der Waals surface area contributed by atoms with Crippen LogP contribution in [0.2, 0.25) is 0 Å². The van der Waals surface area contributed by atoms with Crippen molar-refractivity contribution >= 4 is 11.6 Å². The Bertz CT molecular complexity index is 687. The second-order valence-corrected chi connectivity index (χ2v) is 6.67. The van der Waals surface area contributed by atoms with Crippen molar-refractivity contribution < 1.29 is 14.3 Å². The summed E-state index contributed by atoms with van der Waals surface area (Å²) in [6.45, 7) is 3.40. The summed E-state index contributed by atoms with van der Waals surface area (Å²) in [6.07, 6.45) is 4.36. The smallest absolute Gasteiger partial charge is 0.233 e. The molecular formula is C18H24N4O3. The Morgan fingerprint density at radius 3 is 2.92 bits per heavy atom. The zero-order valence-electron chi connectivity index (χ0n) is 14.8. The highest BCUT2D eigenvalue weighted by atomic mass is 16.5. The van der Waals surface area contributed by atoms with Gasteiger partial charge >= 0.3 is 0 Å². The first-order valence-electron chi connectivity index (χ1n) is 8.61. The summed E-state index contributed by atoms with van der Waals surface area (Å²) in [5.74, 6) is 0.551. The van der Waals surface area contributed by atoms with Gasteiger partial charge in [-0.25, -0.2) is 4.98 Å². The van der Waals surface area contributed by atoms with Gasteiger partial charge in [0.15, 0.2) is 0 Å². The van der Waals surface area contributed by atoms with Crippen LogP contribution in [-0.2, 0) is 9.53 Å². The molecule has 1 atom stereocenters. The van der Waals surface area contributed by atoms with E-state index >= 15 is 0 Å². The summed E-state index contributed by atoms with van der Waals surface area (Å²) in [5.41, 5.74) is 0.879. The Labute approximate surface area is 148 Å². The molecule has 2 saturated heterocycles. The molecule has 1 amide bonds. The van der Waals surface area contributed by atoms with Crippen molar-refractivity contribution in [3.63, 3.8) is 0 Å². The molecule has 2 fully saturated rings. The molecule has 2 aliphatic rings. The molecule has 1 aromatic heterocycles. The minimum atomic E-state index is -0.352. The van der Waals surface area contributed by atoms with Crippen LogP contribution < -0.4 is 9.64 Å². The lowest BCUT2D eigenvalue weighted by atomic mass is 9.78. The Balaban J connectivity index is 1.82. The SMILES string of the molecule is COCCN1CCCC2(CCN(c3ccnc(OC)c3C#N)C2)C1=O. The summed E-state index contributed by atoms with van der Waals surface area (Å²) in [5, 5.41) is 9.50. The number of rotatable bonds is 5. The molecule has 1 unspecified atom stereocenters. The number of anilines is 1. The van der Waals surface area contributed by atoms with E-state index in [9.17, 15) is 10.1 Å². The fourth-order valence-corrected chi connectivity index (χ4v) is 3.98. The van der Waals surface area contributed by atoms with Crippen LogP contribution in [0, 0.1) is 16.7 Å². The van der Waals surface area contributed by atoms with E-state index in [0.717, 1.165) is 38.0 Å². The van der Waals surface area contributed by atoms with Gasteiger partial charge in [0.2, 0.25) is 11.8 Å². The molecule has 1 aromatic rings. The van der Waals surface area contributed by atoms with Crippen LogP contribution in [0.5, 0.6) is 5.88 Å². The molecule has 0 saturated carbocycles. The third-order valence-electron chi connectivity index (χ3n) is 5.28. The van der Waals surface area contributed by atoms with Crippen LogP contribution in [0.15, 0.2) is 12.3 Å². The standard InChI is InChI=1S/C18H24N4O3/c1-24-11-10-21-8-3-5-18(17(21)23)6-9-22(13-18)15-4-7-20-16(25-2)14(15)12-19/h4,7H,3,5-6,8-11,13H2,1-2H3. The molecule has 1 spiro atoms. The van der Waals surface area contributed by atoms with E-state index in [1.165, 1.54) is 7.11 Å². The van der Waals surface area contributed by atoms with Crippen LogP contribution in [-0.4, -0.2) is 62.8 Å². The number of carbonyl (C=O) groups is 1. The molecule has 0 N–H and O–H groups in total. The van der Waals surface area contributed by atoms with Gasteiger partial charge in [0.05, 0.1) is 24.8 Å². The van der Waals surface area contributed by atoms with Crippen LogP contribution in [0.4, 0.5) is 5.69 Å². The van der Waals surface area contributed by atoms with Gasteiger partial charge in [-0.2, -0.15) is 5.26 Å². The number of carbonyl (C=O) groups excluding carboxylic acids is 1. The van der Waals surface area contributed by atoms with Crippen LogP contribution in [0.1, 0.15) is 24.8 Å². The van der Waals surface area contributed by atoms with Gasteiger partial charge in [0.25, 0.3) is 0 Å². The van der Waals surface area contributed by atoms with Crippen molar-refractivity contribution in [1.29, 1.82) is 5.26 Å². The normalized spacial score (nSPS) is 23.2. The average Bonchev–Trinajstić information content (AvgIpc) is 3.07. The lowest BCUT2D eigenvalue weighted by Gasteiger charge is -2.39. The fraction of sp³-hybridized carbons (Fsp3) is 0.611. The Morgan fingerprint density at radius 2 is 2.20 bits per heavy atom. The van der Waals surface area contributed by atoms with Crippen molar-refractivity contribution in [2.24, 2.45) is 5.41 Å². The lowest BCUT2D eigenvalue weighted by Crippen LogP contribution is -2.51. The second kappa shape index (κ2) is 7.28. The highest BCUT2D eigenvalue weighted by molar-refractivity contribution is 5.85. The predicted octanol–water partition coefficient (Wildman–Crippen LogP) is 1.43. The molecule has 7 nitrogen and oxygen atoms in total. The number of nitriles is 1. The number of ether oxygens (including phenoxy) is 2.